The third kappa shape index (κ3) is 4.22. The predicted molar refractivity (Wildman–Crippen MR) is 104 cm³/mol. The second-order valence-corrected chi connectivity index (χ2v) is 8.82. The molecule has 0 radical (unpaired) electrons. The van der Waals surface area contributed by atoms with Gasteiger partial charge in [0, 0.05) is 31.0 Å². The first kappa shape index (κ1) is 20.0. The average Bonchev–Trinajstić information content (AvgIpc) is 3.39. The van der Waals surface area contributed by atoms with Crippen LogP contribution in [0.3, 0.4) is 0 Å². The van der Waals surface area contributed by atoms with Gasteiger partial charge in [0.1, 0.15) is 5.60 Å². The summed E-state index contributed by atoms with van der Waals surface area (Å²) in [6, 6.07) is 5.98. The molecule has 1 amide bonds. The molecule has 150 valence electrons. The van der Waals surface area contributed by atoms with Gasteiger partial charge in [0.15, 0.2) is 11.5 Å². The van der Waals surface area contributed by atoms with Crippen LogP contribution in [0, 0.1) is 11.3 Å². The average molecular weight is 376 g/mol. The van der Waals surface area contributed by atoms with Crippen molar-refractivity contribution in [2.75, 3.05) is 33.4 Å². The van der Waals surface area contributed by atoms with Crippen molar-refractivity contribution in [3.63, 3.8) is 0 Å². The summed E-state index contributed by atoms with van der Waals surface area (Å²) in [6.07, 6.45) is 2.45. The molecule has 1 aliphatic heterocycles. The number of nitrogens with two attached hydrogens (primary N) is 1. The number of methoxy groups -OCH3 is 1. The molecular weight excluding hydrogens is 344 g/mol. The highest BCUT2D eigenvalue weighted by molar-refractivity contribution is 5.84. The summed E-state index contributed by atoms with van der Waals surface area (Å²) in [5.41, 5.74) is 5.55. The molecule has 1 saturated heterocycles. The van der Waals surface area contributed by atoms with Crippen molar-refractivity contribution >= 4 is 5.91 Å². The standard InChI is InChI=1S/C21H32N2O4/c1-20(2,25)19(24)23-10-16(21(3,12-22)13-23)15-7-8-17(26-4)18(9-15)27-11-14-5-6-14/h7-9,14,16,25H,5-6,10-13,22H2,1-4H3. The Kier molecular flexibility index (Phi) is 5.41. The zero-order chi connectivity index (χ0) is 19.8. The van der Waals surface area contributed by atoms with Crippen molar-refractivity contribution in [3.05, 3.63) is 23.8 Å². The number of carbonyl (C=O) groups excluding carboxylic acids is 1. The first-order chi connectivity index (χ1) is 12.7. The highest BCUT2D eigenvalue weighted by Gasteiger charge is 2.46. The Morgan fingerprint density at radius 3 is 2.63 bits per heavy atom. The van der Waals surface area contributed by atoms with Gasteiger partial charge in [-0.2, -0.15) is 0 Å². The molecule has 2 aliphatic rings. The van der Waals surface area contributed by atoms with E-state index >= 15 is 0 Å². The van der Waals surface area contributed by atoms with Gasteiger partial charge in [-0.15, -0.1) is 0 Å². The maximum absolute atomic E-state index is 12.6. The first-order valence-electron chi connectivity index (χ1n) is 9.70. The molecule has 1 heterocycles. The molecule has 1 saturated carbocycles. The van der Waals surface area contributed by atoms with Crippen LogP contribution in [0.1, 0.15) is 45.1 Å². The van der Waals surface area contributed by atoms with E-state index < -0.39 is 5.60 Å². The number of amides is 1. The molecule has 2 atom stereocenters. The van der Waals surface area contributed by atoms with E-state index in [9.17, 15) is 9.90 Å². The summed E-state index contributed by atoms with van der Waals surface area (Å²) in [7, 11) is 1.64. The number of hydrogen-bond acceptors (Lipinski definition) is 5. The number of likely N-dealkylation sites (tertiary alicyclic amines) is 1. The first-order valence-corrected chi connectivity index (χ1v) is 9.70. The van der Waals surface area contributed by atoms with Crippen LogP contribution in [-0.2, 0) is 4.79 Å². The largest absolute Gasteiger partial charge is 0.493 e. The third-order valence-corrected chi connectivity index (χ3v) is 5.83. The van der Waals surface area contributed by atoms with Gasteiger partial charge in [-0.25, -0.2) is 0 Å². The van der Waals surface area contributed by atoms with Crippen molar-refractivity contribution in [1.29, 1.82) is 0 Å². The van der Waals surface area contributed by atoms with Gasteiger partial charge in [0.25, 0.3) is 5.91 Å². The van der Waals surface area contributed by atoms with Crippen LogP contribution < -0.4 is 15.2 Å². The topological polar surface area (TPSA) is 85.0 Å². The van der Waals surface area contributed by atoms with Crippen molar-refractivity contribution in [1.82, 2.24) is 4.90 Å². The number of hydrogen-bond donors (Lipinski definition) is 2. The molecule has 0 aromatic heterocycles. The molecule has 1 aromatic carbocycles. The van der Waals surface area contributed by atoms with E-state index in [1.54, 1.807) is 12.0 Å². The summed E-state index contributed by atoms with van der Waals surface area (Å²) in [5, 5.41) is 10.1. The van der Waals surface area contributed by atoms with Crippen LogP contribution in [0.15, 0.2) is 18.2 Å². The second-order valence-electron chi connectivity index (χ2n) is 8.82. The highest BCUT2D eigenvalue weighted by atomic mass is 16.5. The van der Waals surface area contributed by atoms with Gasteiger partial charge in [0.05, 0.1) is 13.7 Å². The van der Waals surface area contributed by atoms with E-state index in [1.165, 1.54) is 26.7 Å². The lowest BCUT2D eigenvalue weighted by Crippen LogP contribution is -2.45. The molecule has 6 heteroatoms. The van der Waals surface area contributed by atoms with Gasteiger partial charge in [0.2, 0.25) is 0 Å². The molecule has 6 nitrogen and oxygen atoms in total. The minimum atomic E-state index is -1.39. The van der Waals surface area contributed by atoms with Crippen molar-refractivity contribution < 1.29 is 19.4 Å². The predicted octanol–water partition coefficient (Wildman–Crippen LogP) is 2.15. The van der Waals surface area contributed by atoms with Crippen molar-refractivity contribution in [2.24, 2.45) is 17.1 Å². The third-order valence-electron chi connectivity index (χ3n) is 5.83. The monoisotopic (exact) mass is 376 g/mol. The molecule has 27 heavy (non-hydrogen) atoms. The zero-order valence-electron chi connectivity index (χ0n) is 16.8. The Hall–Kier alpha value is -1.79. The molecule has 1 aliphatic carbocycles. The van der Waals surface area contributed by atoms with Crippen LogP contribution >= 0.6 is 0 Å². The second kappa shape index (κ2) is 7.32. The number of benzene rings is 1. The summed E-state index contributed by atoms with van der Waals surface area (Å²) in [6.45, 7) is 7.38. The maximum Gasteiger partial charge on any atom is 0.253 e. The number of carbonyl (C=O) groups is 1. The lowest BCUT2D eigenvalue weighted by molar-refractivity contribution is -0.147. The summed E-state index contributed by atoms with van der Waals surface area (Å²) < 4.78 is 11.5. The quantitative estimate of drug-likeness (QED) is 0.762. The lowest BCUT2D eigenvalue weighted by Gasteiger charge is -2.29. The summed E-state index contributed by atoms with van der Waals surface area (Å²) >= 11 is 0. The normalized spacial score (nSPS) is 25.6. The smallest absolute Gasteiger partial charge is 0.253 e. The van der Waals surface area contributed by atoms with E-state index in [0.29, 0.717) is 32.2 Å². The minimum Gasteiger partial charge on any atom is -0.493 e. The Morgan fingerprint density at radius 2 is 2.07 bits per heavy atom. The van der Waals surface area contributed by atoms with Crippen LogP contribution in [-0.4, -0.2) is 54.9 Å². The van der Waals surface area contributed by atoms with E-state index in [0.717, 1.165) is 17.1 Å². The highest BCUT2D eigenvalue weighted by Crippen LogP contribution is 2.45. The van der Waals surface area contributed by atoms with Gasteiger partial charge in [-0.1, -0.05) is 13.0 Å². The fraction of sp³-hybridized carbons (Fsp3) is 0.667. The van der Waals surface area contributed by atoms with Crippen LogP contribution in [0.4, 0.5) is 0 Å². The molecule has 0 bridgehead atoms. The molecule has 2 fully saturated rings. The van der Waals surface area contributed by atoms with E-state index in [1.807, 2.05) is 18.2 Å². The molecule has 2 unspecified atom stereocenters. The zero-order valence-corrected chi connectivity index (χ0v) is 16.8. The Bertz CT molecular complexity index is 696. The Morgan fingerprint density at radius 1 is 1.37 bits per heavy atom. The van der Waals surface area contributed by atoms with Gasteiger partial charge >= 0.3 is 0 Å². The summed E-state index contributed by atoms with van der Waals surface area (Å²) in [5.74, 6) is 1.93. The van der Waals surface area contributed by atoms with Crippen molar-refractivity contribution in [3.8, 4) is 11.5 Å². The van der Waals surface area contributed by atoms with Crippen LogP contribution in [0.2, 0.25) is 0 Å². The Labute approximate surface area is 161 Å². The molecular formula is C21H32N2O4. The maximum atomic E-state index is 12.6. The van der Waals surface area contributed by atoms with Gasteiger partial charge in [-0.3, -0.25) is 4.79 Å². The SMILES string of the molecule is COc1ccc(C2CN(C(=O)C(C)(C)O)CC2(C)CN)cc1OCC1CC1. The summed E-state index contributed by atoms with van der Waals surface area (Å²) in [4.78, 5) is 14.3. The number of ether oxygens (including phenoxy) is 2. The van der Waals surface area contributed by atoms with Crippen LogP contribution in [0.25, 0.3) is 0 Å². The minimum absolute atomic E-state index is 0.0722. The van der Waals surface area contributed by atoms with E-state index in [2.05, 4.69) is 6.92 Å². The number of nitrogens with zero attached hydrogens (tertiary/aromatic N) is 1. The fourth-order valence-corrected chi connectivity index (χ4v) is 3.82. The van der Waals surface area contributed by atoms with Gasteiger partial charge in [-0.05, 0) is 50.3 Å². The van der Waals surface area contributed by atoms with Crippen LogP contribution in [0.5, 0.6) is 11.5 Å². The molecule has 3 rings (SSSR count). The van der Waals surface area contributed by atoms with Crippen molar-refractivity contribution in [2.45, 2.75) is 45.1 Å². The Balaban J connectivity index is 1.86. The number of aliphatic hydroxyl groups is 1. The molecule has 1 aromatic rings. The lowest BCUT2D eigenvalue weighted by atomic mass is 9.76. The van der Waals surface area contributed by atoms with E-state index in [4.69, 9.17) is 15.2 Å². The van der Waals surface area contributed by atoms with Gasteiger partial charge < -0.3 is 25.2 Å². The molecule has 0 spiro atoms. The number of rotatable bonds is 7. The van der Waals surface area contributed by atoms with E-state index in [-0.39, 0.29) is 17.2 Å². The fourth-order valence-electron chi connectivity index (χ4n) is 3.82. The molecule has 3 N–H and O–H groups in total.